The minimum absolute atomic E-state index is 0.794. The van der Waals surface area contributed by atoms with E-state index in [1.165, 1.54) is 0 Å². The number of aromatic nitrogens is 3. The molecule has 2 aromatic rings. The van der Waals surface area contributed by atoms with Gasteiger partial charge in [0.05, 0.1) is 10.4 Å². The Morgan fingerprint density at radius 3 is 2.62 bits per heavy atom. The number of thiazole rings is 1. The average molecular weight is 211 g/mol. The summed E-state index contributed by atoms with van der Waals surface area (Å²) in [5.74, 6) is 0.794. The van der Waals surface area contributed by atoms with Crippen LogP contribution in [0.2, 0.25) is 0 Å². The summed E-state index contributed by atoms with van der Waals surface area (Å²) in [4.78, 5) is 13.0. The Kier molecular flexibility index (Phi) is 2.21. The molecule has 0 N–H and O–H groups in total. The van der Waals surface area contributed by atoms with E-state index in [9.17, 15) is 0 Å². The lowest BCUT2D eigenvalue weighted by molar-refractivity contribution is 1.04. The number of hydrogen-bond donors (Lipinski definition) is 0. The summed E-state index contributed by atoms with van der Waals surface area (Å²) in [5, 5.41) is 0. The van der Waals surface area contributed by atoms with Gasteiger partial charge in [-0.3, -0.25) is 0 Å². The normalized spacial score (nSPS) is 11.0. The molecule has 0 aliphatic heterocycles. The van der Waals surface area contributed by atoms with E-state index in [1.807, 2.05) is 20.1 Å². The molecule has 0 aliphatic carbocycles. The third-order valence-electron chi connectivity index (χ3n) is 1.69. The van der Waals surface area contributed by atoms with Gasteiger partial charge < -0.3 is 0 Å². The molecular formula is C8H9N3S2. The standard InChI is InChI=1S/C8H9N3S2/c1-4-6-7(10-5(2)9-4)11-8(12-3)13-6/h1-3H3. The third kappa shape index (κ3) is 1.53. The van der Waals surface area contributed by atoms with Crippen molar-refractivity contribution in [3.05, 3.63) is 11.5 Å². The van der Waals surface area contributed by atoms with Crippen molar-refractivity contribution in [3.63, 3.8) is 0 Å². The highest BCUT2D eigenvalue weighted by atomic mass is 32.2. The molecule has 2 heterocycles. The van der Waals surface area contributed by atoms with Gasteiger partial charge in [-0.25, -0.2) is 15.0 Å². The highest BCUT2D eigenvalue weighted by molar-refractivity contribution is 8.00. The fraction of sp³-hybridized carbons (Fsp3) is 0.375. The van der Waals surface area contributed by atoms with E-state index in [2.05, 4.69) is 15.0 Å². The molecule has 0 amide bonds. The van der Waals surface area contributed by atoms with Crippen LogP contribution in [0.4, 0.5) is 0 Å². The quantitative estimate of drug-likeness (QED) is 0.679. The number of rotatable bonds is 1. The first-order valence-electron chi connectivity index (χ1n) is 3.86. The van der Waals surface area contributed by atoms with Crippen LogP contribution in [0.3, 0.4) is 0 Å². The Balaban J connectivity index is 2.75. The maximum atomic E-state index is 4.38. The van der Waals surface area contributed by atoms with Crippen LogP contribution in [0.15, 0.2) is 4.34 Å². The van der Waals surface area contributed by atoms with E-state index >= 15 is 0 Å². The van der Waals surface area contributed by atoms with Gasteiger partial charge in [-0.15, -0.1) is 11.3 Å². The van der Waals surface area contributed by atoms with Crippen molar-refractivity contribution in [2.24, 2.45) is 0 Å². The molecule has 13 heavy (non-hydrogen) atoms. The summed E-state index contributed by atoms with van der Waals surface area (Å²) in [5.41, 5.74) is 1.86. The van der Waals surface area contributed by atoms with Crippen LogP contribution in [-0.4, -0.2) is 21.2 Å². The molecule has 0 fully saturated rings. The average Bonchev–Trinajstić information content (AvgIpc) is 2.47. The van der Waals surface area contributed by atoms with Crippen LogP contribution >= 0.6 is 23.1 Å². The fourth-order valence-corrected chi connectivity index (χ4v) is 2.61. The van der Waals surface area contributed by atoms with Crippen molar-refractivity contribution >= 4 is 33.4 Å². The summed E-state index contributed by atoms with van der Waals surface area (Å²) in [6, 6.07) is 0. The first kappa shape index (κ1) is 8.90. The zero-order chi connectivity index (χ0) is 9.42. The first-order valence-corrected chi connectivity index (χ1v) is 5.90. The van der Waals surface area contributed by atoms with Gasteiger partial charge in [0.15, 0.2) is 9.99 Å². The van der Waals surface area contributed by atoms with E-state index in [1.54, 1.807) is 23.1 Å². The predicted octanol–water partition coefficient (Wildman–Crippen LogP) is 2.43. The molecule has 0 saturated heterocycles. The summed E-state index contributed by atoms with van der Waals surface area (Å²) >= 11 is 3.31. The lowest BCUT2D eigenvalue weighted by Gasteiger charge is -1.93. The maximum Gasteiger partial charge on any atom is 0.175 e. The Bertz CT molecular complexity index is 450. The van der Waals surface area contributed by atoms with E-state index in [0.29, 0.717) is 0 Å². The number of hydrogen-bond acceptors (Lipinski definition) is 5. The first-order chi connectivity index (χ1) is 6.20. The van der Waals surface area contributed by atoms with Gasteiger partial charge in [-0.1, -0.05) is 11.8 Å². The number of aryl methyl sites for hydroxylation is 2. The van der Waals surface area contributed by atoms with Gasteiger partial charge in [0, 0.05) is 0 Å². The van der Waals surface area contributed by atoms with Crippen LogP contribution in [0.5, 0.6) is 0 Å². The Hall–Kier alpha value is -0.680. The lowest BCUT2D eigenvalue weighted by Crippen LogP contribution is -1.90. The van der Waals surface area contributed by atoms with Crippen LogP contribution in [0.25, 0.3) is 10.3 Å². The molecule has 0 atom stereocenters. The molecule has 0 radical (unpaired) electrons. The zero-order valence-corrected chi connectivity index (χ0v) is 9.29. The van der Waals surface area contributed by atoms with Crippen LogP contribution in [-0.2, 0) is 0 Å². The van der Waals surface area contributed by atoms with E-state index < -0.39 is 0 Å². The second kappa shape index (κ2) is 3.23. The van der Waals surface area contributed by atoms with Gasteiger partial charge >= 0.3 is 0 Å². The molecule has 5 heteroatoms. The van der Waals surface area contributed by atoms with Crippen molar-refractivity contribution in [3.8, 4) is 0 Å². The monoisotopic (exact) mass is 211 g/mol. The molecule has 2 aromatic heterocycles. The summed E-state index contributed by atoms with van der Waals surface area (Å²) in [6.07, 6.45) is 2.02. The SMILES string of the molecule is CSc1nc2nc(C)nc(C)c2s1. The summed E-state index contributed by atoms with van der Waals surface area (Å²) in [6.45, 7) is 3.89. The van der Waals surface area contributed by atoms with Crippen LogP contribution < -0.4 is 0 Å². The van der Waals surface area contributed by atoms with Crippen molar-refractivity contribution in [1.82, 2.24) is 15.0 Å². The number of fused-ring (bicyclic) bond motifs is 1. The zero-order valence-electron chi connectivity index (χ0n) is 7.66. The predicted molar refractivity (Wildman–Crippen MR) is 56.5 cm³/mol. The largest absolute Gasteiger partial charge is 0.237 e. The maximum absolute atomic E-state index is 4.38. The second-order valence-electron chi connectivity index (χ2n) is 2.69. The molecular weight excluding hydrogens is 202 g/mol. The van der Waals surface area contributed by atoms with Gasteiger partial charge in [0.1, 0.15) is 5.82 Å². The number of nitrogens with zero attached hydrogens (tertiary/aromatic N) is 3. The summed E-state index contributed by atoms with van der Waals surface area (Å²) < 4.78 is 2.16. The number of thioether (sulfide) groups is 1. The van der Waals surface area contributed by atoms with E-state index in [-0.39, 0.29) is 0 Å². The molecule has 0 saturated carbocycles. The molecule has 0 aliphatic rings. The van der Waals surface area contributed by atoms with Gasteiger partial charge in [0.25, 0.3) is 0 Å². The van der Waals surface area contributed by atoms with Gasteiger partial charge in [-0.2, -0.15) is 0 Å². The van der Waals surface area contributed by atoms with E-state index in [4.69, 9.17) is 0 Å². The molecule has 68 valence electrons. The van der Waals surface area contributed by atoms with Crippen molar-refractivity contribution < 1.29 is 0 Å². The fourth-order valence-electron chi connectivity index (χ4n) is 1.16. The minimum Gasteiger partial charge on any atom is -0.237 e. The Morgan fingerprint density at radius 2 is 1.92 bits per heavy atom. The molecule has 0 bridgehead atoms. The van der Waals surface area contributed by atoms with Crippen molar-refractivity contribution in [2.75, 3.05) is 6.26 Å². The van der Waals surface area contributed by atoms with Crippen LogP contribution in [0.1, 0.15) is 11.5 Å². The Labute approximate surface area is 84.6 Å². The molecule has 0 unspecified atom stereocenters. The lowest BCUT2D eigenvalue weighted by atomic mass is 10.4. The highest BCUT2D eigenvalue weighted by Gasteiger charge is 2.07. The second-order valence-corrected chi connectivity index (χ2v) is 4.75. The van der Waals surface area contributed by atoms with Crippen LogP contribution in [0, 0.1) is 13.8 Å². The smallest absolute Gasteiger partial charge is 0.175 e. The Morgan fingerprint density at radius 1 is 1.15 bits per heavy atom. The van der Waals surface area contributed by atoms with Gasteiger partial charge in [-0.05, 0) is 20.1 Å². The highest BCUT2D eigenvalue weighted by Crippen LogP contribution is 2.28. The molecule has 2 rings (SSSR count). The van der Waals surface area contributed by atoms with Crippen molar-refractivity contribution in [1.29, 1.82) is 0 Å². The van der Waals surface area contributed by atoms with Crippen molar-refractivity contribution in [2.45, 2.75) is 18.2 Å². The van der Waals surface area contributed by atoms with E-state index in [0.717, 1.165) is 26.2 Å². The minimum atomic E-state index is 0.794. The topological polar surface area (TPSA) is 38.7 Å². The molecule has 3 nitrogen and oxygen atoms in total. The molecule has 0 spiro atoms. The summed E-state index contributed by atoms with van der Waals surface area (Å²) in [7, 11) is 0. The third-order valence-corrected chi connectivity index (χ3v) is 3.83. The molecule has 0 aromatic carbocycles. The van der Waals surface area contributed by atoms with Gasteiger partial charge in [0.2, 0.25) is 0 Å².